The molecule has 0 heterocycles. The number of nitrogens with one attached hydrogen (secondary N) is 1. The summed E-state index contributed by atoms with van der Waals surface area (Å²) in [5.41, 5.74) is 0. The molecule has 0 spiro atoms. The van der Waals surface area contributed by atoms with Crippen LogP contribution < -0.4 is 0 Å². The summed E-state index contributed by atoms with van der Waals surface area (Å²) in [4.78, 5) is 0. The van der Waals surface area contributed by atoms with Gasteiger partial charge >= 0.3 is 0 Å². The van der Waals surface area contributed by atoms with Gasteiger partial charge in [-0.25, -0.2) is 0 Å². The average Bonchev–Trinajstić information content (AvgIpc) is 1.65. The zero-order chi connectivity index (χ0) is 4.99. The van der Waals surface area contributed by atoms with Crippen LogP contribution in [0.5, 0.6) is 0 Å². The molecule has 0 fully saturated rings. The zero-order valence-electron chi connectivity index (χ0n) is 3.49. The van der Waals surface area contributed by atoms with Gasteiger partial charge in [-0.2, -0.15) is 0 Å². The summed E-state index contributed by atoms with van der Waals surface area (Å²) in [6, 6.07) is 0. The minimum absolute atomic E-state index is 0.108. The lowest BCUT2D eigenvalue weighted by atomic mass is 11.5. The topological polar surface area (TPSA) is 33.1 Å². The zero-order valence-corrected chi connectivity index (χ0v) is 4.25. The van der Waals surface area contributed by atoms with Gasteiger partial charge in [-0.15, -0.1) is 11.6 Å². The van der Waals surface area contributed by atoms with Crippen LogP contribution in [0.1, 0.15) is 0 Å². The highest BCUT2D eigenvalue weighted by Crippen LogP contribution is 1.76. The summed E-state index contributed by atoms with van der Waals surface area (Å²) in [5, 5.41) is 6.63. The van der Waals surface area contributed by atoms with E-state index in [1.165, 1.54) is 7.11 Å². The van der Waals surface area contributed by atoms with Crippen molar-refractivity contribution in [1.29, 1.82) is 5.41 Å². The summed E-state index contributed by atoms with van der Waals surface area (Å²) in [7, 11) is 1.42. The molecule has 0 amide bonds. The highest BCUT2D eigenvalue weighted by molar-refractivity contribution is 6.26. The fourth-order valence-electron chi connectivity index (χ4n) is 0.0546. The van der Waals surface area contributed by atoms with E-state index >= 15 is 0 Å². The second kappa shape index (κ2) is 2.97. The van der Waals surface area contributed by atoms with E-state index in [9.17, 15) is 0 Å². The van der Waals surface area contributed by atoms with E-state index in [1.54, 1.807) is 0 Å². The molecule has 0 radical (unpaired) electrons. The van der Waals surface area contributed by atoms with Gasteiger partial charge in [0, 0.05) is 0 Å². The Bertz CT molecular complexity index is 48.8. The number of hydrogen-bond donors (Lipinski definition) is 1. The van der Waals surface area contributed by atoms with Crippen molar-refractivity contribution in [2.75, 3.05) is 13.0 Å². The number of rotatable bonds is 1. The molecule has 0 unspecified atom stereocenters. The normalized spacial score (nSPS) is 7.67. The Kier molecular flexibility index (Phi) is 2.85. The van der Waals surface area contributed by atoms with Crippen LogP contribution in [0.3, 0.4) is 0 Å². The lowest BCUT2D eigenvalue weighted by Crippen LogP contribution is -1.98. The van der Waals surface area contributed by atoms with Gasteiger partial charge < -0.3 is 4.74 Å². The predicted molar refractivity (Wildman–Crippen MR) is 25.5 cm³/mol. The van der Waals surface area contributed by atoms with Crippen molar-refractivity contribution >= 4 is 17.5 Å². The number of ether oxygens (including phenoxy) is 1. The monoisotopic (exact) mass is 109 g/mol. The van der Waals surface area contributed by atoms with Crippen molar-refractivity contribution in [3.05, 3.63) is 0 Å². The molecule has 0 aliphatic rings. The average molecular weight is 110 g/mol. The molecule has 2 nitrogen and oxygen atoms in total. The van der Waals surface area contributed by atoms with E-state index in [0.717, 1.165) is 0 Å². The fourth-order valence-corrected chi connectivity index (χ4v) is 0.164. The van der Waals surface area contributed by atoms with Gasteiger partial charge in [-0.3, -0.25) is 5.41 Å². The highest BCUT2D eigenvalue weighted by Gasteiger charge is 1.83. The predicted octanol–water partition coefficient (Wildman–Crippen LogP) is 0.849. The molecule has 0 aromatic carbocycles. The number of alkyl halides is 1. The van der Waals surface area contributed by atoms with Crippen molar-refractivity contribution in [2.24, 2.45) is 0 Å². The van der Waals surface area contributed by atoms with Gasteiger partial charge in [0.25, 0.3) is 0 Å². The van der Waals surface area contributed by atoms with Crippen molar-refractivity contribution in [2.45, 2.75) is 0 Å². The molecule has 0 rings (SSSR count). The molecule has 0 aliphatic carbocycles. The smallest absolute Gasteiger partial charge is 0.195 e. The summed E-state index contributed by atoms with van der Waals surface area (Å²) in [5.74, 6) is 0.271. The second-order valence-corrected chi connectivity index (χ2v) is 1.03. The first-order valence-electron chi connectivity index (χ1n) is 1.48. The number of hydrogen-bond acceptors (Lipinski definition) is 2. The highest BCUT2D eigenvalue weighted by atomic mass is 35.5. The molecule has 0 saturated heterocycles. The van der Waals surface area contributed by atoms with Crippen LogP contribution in [0.2, 0.25) is 0 Å². The van der Waals surface area contributed by atoms with E-state index in [4.69, 9.17) is 17.0 Å². The van der Waals surface area contributed by atoms with E-state index in [-0.39, 0.29) is 11.8 Å². The van der Waals surface area contributed by atoms with Gasteiger partial charge in [0.1, 0.15) is 0 Å². The maximum Gasteiger partial charge on any atom is 0.195 e. The lowest BCUT2D eigenvalue weighted by Gasteiger charge is -1.90. The van der Waals surface area contributed by atoms with E-state index in [2.05, 4.69) is 4.74 Å². The SMILES string of the molecule is CO[14C](=N)CCl. The molecule has 36 valence electrons. The molecule has 0 aliphatic heterocycles. The number of methoxy groups -OCH3 is 1. The van der Waals surface area contributed by atoms with E-state index < -0.39 is 0 Å². The molecule has 1 N–H and O–H groups in total. The largest absolute Gasteiger partial charge is 0.484 e. The van der Waals surface area contributed by atoms with E-state index in [0.29, 0.717) is 0 Å². The Morgan fingerprint density at radius 3 is 2.50 bits per heavy atom. The van der Waals surface area contributed by atoms with Crippen LogP contribution in [0.15, 0.2) is 0 Å². The lowest BCUT2D eigenvalue weighted by molar-refractivity contribution is 0.397. The second-order valence-electron chi connectivity index (χ2n) is 0.761. The molecule has 0 aromatic heterocycles. The Labute approximate surface area is 41.6 Å². The Morgan fingerprint density at radius 2 is 2.50 bits per heavy atom. The number of halogens is 1. The van der Waals surface area contributed by atoms with Gasteiger partial charge in [-0.1, -0.05) is 0 Å². The standard InChI is InChI=1S/C3H6ClNO/c1-6-3(5)2-4/h5H,2H2,1H3/i3+2. The van der Waals surface area contributed by atoms with Gasteiger partial charge in [0.05, 0.1) is 13.0 Å². The third-order valence-electron chi connectivity index (χ3n) is 0.368. The Morgan fingerprint density at radius 1 is 2.00 bits per heavy atom. The Hall–Kier alpha value is -0.240. The third kappa shape index (κ3) is 2.03. The summed E-state index contributed by atoms with van der Waals surface area (Å²) >= 11 is 5.10. The van der Waals surface area contributed by atoms with Crippen LogP contribution in [0.4, 0.5) is 0 Å². The van der Waals surface area contributed by atoms with Gasteiger partial charge in [0.2, 0.25) is 0 Å². The molecule has 0 aromatic rings. The maximum absolute atomic E-state index is 6.63. The molecule has 0 bridgehead atoms. The minimum atomic E-state index is 0.108. The van der Waals surface area contributed by atoms with Gasteiger partial charge in [-0.05, 0) is 0 Å². The maximum atomic E-state index is 6.63. The Balaban J connectivity index is 2.99. The first-order chi connectivity index (χ1) is 2.81. The minimum Gasteiger partial charge on any atom is -0.484 e. The van der Waals surface area contributed by atoms with Gasteiger partial charge in [0.15, 0.2) is 5.90 Å². The first kappa shape index (κ1) is 5.76. The molecule has 6 heavy (non-hydrogen) atoms. The summed E-state index contributed by atoms with van der Waals surface area (Å²) in [6.45, 7) is 0. The van der Waals surface area contributed by atoms with Crippen LogP contribution in [0, 0.1) is 5.41 Å². The van der Waals surface area contributed by atoms with Crippen molar-refractivity contribution in [1.82, 2.24) is 0 Å². The summed E-state index contributed by atoms with van der Waals surface area (Å²) < 4.78 is 4.35. The quantitative estimate of drug-likeness (QED) is 0.302. The molecular formula is C3H6ClNO. The fraction of sp³-hybridized carbons (Fsp3) is 0.667. The van der Waals surface area contributed by atoms with Crippen LogP contribution in [-0.2, 0) is 4.74 Å². The van der Waals surface area contributed by atoms with Crippen LogP contribution in [-0.4, -0.2) is 18.9 Å². The molecule has 0 saturated carbocycles. The molecule has 3 heteroatoms. The molecule has 0 atom stereocenters. The van der Waals surface area contributed by atoms with Crippen molar-refractivity contribution in [3.63, 3.8) is 0 Å². The van der Waals surface area contributed by atoms with Crippen molar-refractivity contribution in [3.8, 4) is 0 Å². The van der Waals surface area contributed by atoms with E-state index in [1.807, 2.05) is 0 Å². The van der Waals surface area contributed by atoms with Crippen LogP contribution in [0.25, 0.3) is 0 Å². The summed E-state index contributed by atoms with van der Waals surface area (Å²) in [6.07, 6.45) is 0. The molecular weight excluding hydrogens is 103 g/mol. The van der Waals surface area contributed by atoms with Crippen molar-refractivity contribution < 1.29 is 4.74 Å². The first-order valence-corrected chi connectivity index (χ1v) is 2.02. The van der Waals surface area contributed by atoms with Crippen LogP contribution >= 0.6 is 11.6 Å². The third-order valence-corrected chi connectivity index (χ3v) is 0.611.